The molecule has 2 aliphatic rings. The number of primary amides is 2. The second-order valence-corrected chi connectivity index (χ2v) is 9.20. The maximum Gasteiger partial charge on any atom is 0.573 e. The molecule has 0 spiro atoms. The second-order valence-electron chi connectivity index (χ2n) is 9.20. The van der Waals surface area contributed by atoms with E-state index in [0.29, 0.717) is 36.1 Å². The third-order valence-electron chi connectivity index (χ3n) is 6.97. The molecule has 2 unspecified atom stereocenters. The minimum absolute atomic E-state index is 0.0811. The van der Waals surface area contributed by atoms with Gasteiger partial charge in [0.15, 0.2) is 0 Å². The van der Waals surface area contributed by atoms with Gasteiger partial charge in [-0.25, -0.2) is 4.79 Å². The molecule has 1 aromatic heterocycles. The summed E-state index contributed by atoms with van der Waals surface area (Å²) < 4.78 is 42.5. The van der Waals surface area contributed by atoms with Crippen LogP contribution in [-0.2, 0) is 4.79 Å². The van der Waals surface area contributed by atoms with Gasteiger partial charge in [-0.1, -0.05) is 31.2 Å². The van der Waals surface area contributed by atoms with Gasteiger partial charge in [0.05, 0.1) is 5.41 Å². The Hall–Kier alpha value is -3.82. The third kappa shape index (κ3) is 5.07. The number of pyridine rings is 1. The lowest BCUT2D eigenvalue weighted by Gasteiger charge is -2.44. The van der Waals surface area contributed by atoms with Gasteiger partial charge in [0.25, 0.3) is 0 Å². The van der Waals surface area contributed by atoms with Gasteiger partial charge in [-0.3, -0.25) is 9.78 Å². The summed E-state index contributed by atoms with van der Waals surface area (Å²) in [4.78, 5) is 30.8. The normalized spacial score (nSPS) is 20.9. The number of hydrogen-bond donors (Lipinski definition) is 2. The molecule has 36 heavy (non-hydrogen) atoms. The van der Waals surface area contributed by atoms with Gasteiger partial charge in [0, 0.05) is 25.5 Å². The van der Waals surface area contributed by atoms with Crippen molar-refractivity contribution in [2.75, 3.05) is 13.1 Å². The summed E-state index contributed by atoms with van der Waals surface area (Å²) in [6.07, 6.45) is 1.43. The molecule has 1 aliphatic heterocycles. The predicted octanol–water partition coefficient (Wildman–Crippen LogP) is 4.51. The van der Waals surface area contributed by atoms with Crippen molar-refractivity contribution in [3.05, 3.63) is 77.1 Å². The molecule has 0 fully saturated rings. The fourth-order valence-electron chi connectivity index (χ4n) is 5.23. The number of aromatic nitrogens is 1. The molecule has 0 saturated carbocycles. The number of ether oxygens (including phenoxy) is 1. The Morgan fingerprint density at radius 1 is 1.22 bits per heavy atom. The monoisotopic (exact) mass is 500 g/mol. The van der Waals surface area contributed by atoms with Crippen LogP contribution in [0.25, 0.3) is 5.57 Å². The zero-order chi connectivity index (χ0) is 26.1. The number of urea groups is 1. The summed E-state index contributed by atoms with van der Waals surface area (Å²) >= 11 is 0. The summed E-state index contributed by atoms with van der Waals surface area (Å²) in [6, 6.07) is 8.85. The van der Waals surface area contributed by atoms with Crippen LogP contribution in [-0.4, -0.2) is 41.3 Å². The van der Waals surface area contributed by atoms with Crippen LogP contribution in [0.3, 0.4) is 0 Å². The number of benzene rings is 1. The number of rotatable bonds is 6. The Morgan fingerprint density at radius 3 is 2.64 bits per heavy atom. The van der Waals surface area contributed by atoms with Crippen LogP contribution in [0, 0.1) is 5.41 Å². The number of allylic oxidation sites excluding steroid dienone is 2. The number of hydrogen-bond acceptors (Lipinski definition) is 4. The van der Waals surface area contributed by atoms with Crippen molar-refractivity contribution in [1.29, 1.82) is 0 Å². The van der Waals surface area contributed by atoms with Crippen LogP contribution >= 0.6 is 0 Å². The molecule has 0 bridgehead atoms. The number of alkyl halides is 3. The second kappa shape index (κ2) is 9.67. The largest absolute Gasteiger partial charge is 0.573 e. The number of nitrogens with zero attached hydrogens (tertiary/aromatic N) is 2. The highest BCUT2D eigenvalue weighted by Gasteiger charge is 2.47. The third-order valence-corrected chi connectivity index (χ3v) is 6.97. The van der Waals surface area contributed by atoms with E-state index in [4.69, 9.17) is 11.5 Å². The van der Waals surface area contributed by atoms with Gasteiger partial charge in [0.1, 0.15) is 5.75 Å². The summed E-state index contributed by atoms with van der Waals surface area (Å²) in [5.74, 6) is -0.946. The highest BCUT2D eigenvalue weighted by Crippen LogP contribution is 2.51. The lowest BCUT2D eigenvalue weighted by Crippen LogP contribution is -2.49. The highest BCUT2D eigenvalue weighted by atomic mass is 19.4. The standard InChI is InChI=1S/C26H27F3N4O3/c1-16(18-5-3-10-32-14-18)13-25(23(30)34)9-7-20(21-8-11-33(24(31)35)15-22(21)25)17-4-2-6-19(12-17)36-26(27,28)29/h2-7,10,12,14,16H,8-9,11,13,15H2,1H3,(H2,30,34)(H2,31,35). The van der Waals surface area contributed by atoms with Crippen molar-refractivity contribution in [2.45, 2.75) is 38.5 Å². The minimum atomic E-state index is -4.82. The molecule has 0 radical (unpaired) electrons. The van der Waals surface area contributed by atoms with Gasteiger partial charge in [0.2, 0.25) is 5.91 Å². The average molecular weight is 501 g/mol. The van der Waals surface area contributed by atoms with Crippen LogP contribution in [0.5, 0.6) is 5.75 Å². The van der Waals surface area contributed by atoms with Gasteiger partial charge in [-0.05, 0) is 71.2 Å². The molecule has 7 nitrogen and oxygen atoms in total. The fourth-order valence-corrected chi connectivity index (χ4v) is 5.23. The molecular weight excluding hydrogens is 473 g/mol. The zero-order valence-electron chi connectivity index (χ0n) is 19.7. The van der Waals surface area contributed by atoms with E-state index in [1.807, 2.05) is 25.1 Å². The highest BCUT2D eigenvalue weighted by molar-refractivity contribution is 5.92. The number of carbonyl (C=O) groups is 2. The summed E-state index contributed by atoms with van der Waals surface area (Å²) in [5, 5.41) is 0. The lowest BCUT2D eigenvalue weighted by molar-refractivity contribution is -0.274. The van der Waals surface area contributed by atoms with E-state index in [9.17, 15) is 22.8 Å². The fraction of sp³-hybridized carbons (Fsp3) is 0.346. The number of nitrogens with two attached hydrogens (primary N) is 2. The maximum absolute atomic E-state index is 13.1. The van der Waals surface area contributed by atoms with Crippen LogP contribution in [0.15, 0.2) is 66.0 Å². The molecule has 2 aromatic rings. The van der Waals surface area contributed by atoms with Crippen LogP contribution in [0.2, 0.25) is 0 Å². The first-order valence-corrected chi connectivity index (χ1v) is 11.5. The smallest absolute Gasteiger partial charge is 0.406 e. The molecule has 2 heterocycles. The topological polar surface area (TPSA) is 112 Å². The first kappa shape index (κ1) is 25.3. The maximum atomic E-state index is 13.1. The van der Waals surface area contributed by atoms with Crippen LogP contribution < -0.4 is 16.2 Å². The van der Waals surface area contributed by atoms with E-state index in [1.165, 1.54) is 23.1 Å². The first-order chi connectivity index (χ1) is 17.0. The number of amides is 3. The predicted molar refractivity (Wildman–Crippen MR) is 127 cm³/mol. The molecule has 0 saturated heterocycles. The van der Waals surface area contributed by atoms with Crippen molar-refractivity contribution in [2.24, 2.45) is 16.9 Å². The van der Waals surface area contributed by atoms with Gasteiger partial charge >= 0.3 is 12.4 Å². The Labute approximate surface area is 206 Å². The first-order valence-electron chi connectivity index (χ1n) is 11.5. The van der Waals surface area contributed by atoms with Crippen LogP contribution in [0.1, 0.15) is 43.2 Å². The molecule has 1 aliphatic carbocycles. The van der Waals surface area contributed by atoms with E-state index in [0.717, 1.165) is 11.1 Å². The average Bonchev–Trinajstić information content (AvgIpc) is 2.83. The van der Waals surface area contributed by atoms with E-state index in [1.54, 1.807) is 18.5 Å². The Morgan fingerprint density at radius 2 is 2.00 bits per heavy atom. The van der Waals surface area contributed by atoms with E-state index >= 15 is 0 Å². The van der Waals surface area contributed by atoms with Gasteiger partial charge < -0.3 is 21.1 Å². The molecular formula is C26H27F3N4O3. The Kier molecular flexibility index (Phi) is 6.79. The van der Waals surface area contributed by atoms with Crippen molar-refractivity contribution in [3.8, 4) is 5.75 Å². The molecule has 4 rings (SSSR count). The molecule has 1 aromatic carbocycles. The quantitative estimate of drug-likeness (QED) is 0.608. The lowest BCUT2D eigenvalue weighted by atomic mass is 9.63. The van der Waals surface area contributed by atoms with Crippen LogP contribution in [0.4, 0.5) is 18.0 Å². The number of carbonyl (C=O) groups excluding carboxylic acids is 2. The molecule has 190 valence electrons. The molecule has 4 N–H and O–H groups in total. The Balaban J connectivity index is 1.78. The zero-order valence-corrected chi connectivity index (χ0v) is 19.7. The van der Waals surface area contributed by atoms with Gasteiger partial charge in [-0.2, -0.15) is 0 Å². The van der Waals surface area contributed by atoms with Gasteiger partial charge in [-0.15, -0.1) is 13.2 Å². The van der Waals surface area contributed by atoms with E-state index in [-0.39, 0.29) is 24.6 Å². The summed E-state index contributed by atoms with van der Waals surface area (Å²) in [5.41, 5.74) is 14.1. The minimum Gasteiger partial charge on any atom is -0.406 e. The molecule has 3 amide bonds. The van der Waals surface area contributed by atoms with Crippen molar-refractivity contribution >= 4 is 17.5 Å². The van der Waals surface area contributed by atoms with E-state index < -0.39 is 23.7 Å². The van der Waals surface area contributed by atoms with Crippen molar-refractivity contribution in [3.63, 3.8) is 0 Å². The Bertz CT molecular complexity index is 1230. The van der Waals surface area contributed by atoms with Crippen molar-refractivity contribution in [1.82, 2.24) is 9.88 Å². The SMILES string of the molecule is CC(CC1(C(N)=O)CC=C(c2cccc(OC(F)(F)F)c2)C2=C1CN(C(N)=O)CC2)c1cccnc1. The summed E-state index contributed by atoms with van der Waals surface area (Å²) in [6.45, 7) is 2.41. The molecule has 2 atom stereocenters. The van der Waals surface area contributed by atoms with E-state index in [2.05, 4.69) is 9.72 Å². The molecule has 10 heteroatoms. The van der Waals surface area contributed by atoms with Crippen molar-refractivity contribution < 1.29 is 27.5 Å². The summed E-state index contributed by atoms with van der Waals surface area (Å²) in [7, 11) is 0. The number of halogens is 3.